The Hall–Kier alpha value is -7.83. The molecular formula is C51H29N3O3. The second kappa shape index (κ2) is 12.3. The van der Waals surface area contributed by atoms with Crippen LogP contribution in [0, 0.1) is 0 Å². The first-order chi connectivity index (χ1) is 28.2. The first kappa shape index (κ1) is 31.5. The van der Waals surface area contributed by atoms with Crippen LogP contribution in [-0.2, 0) is 0 Å². The standard InChI is InChI=1S/C51H29N3O3/c1-2-10-30(11-3-1)49-52-50(33-19-23-39-37-14-6-8-16-43(37)56-47(39)28-33)54-51(53-49)34-20-24-41-40-22-18-32(27-46(40)57-48(41)29-34)36-13-5-4-12-35(36)31-21-25-45-42(26-31)38-15-7-9-17-44(38)55-45/h1-29H. The highest BCUT2D eigenvalue weighted by molar-refractivity contribution is 6.09. The van der Waals surface area contributed by atoms with E-state index in [1.807, 2.05) is 78.9 Å². The Labute approximate surface area is 325 Å². The lowest BCUT2D eigenvalue weighted by Gasteiger charge is -2.10. The summed E-state index contributed by atoms with van der Waals surface area (Å²) in [7, 11) is 0. The lowest BCUT2D eigenvalue weighted by Crippen LogP contribution is -2.00. The molecule has 0 saturated heterocycles. The van der Waals surface area contributed by atoms with E-state index in [9.17, 15) is 0 Å². The molecule has 6 nitrogen and oxygen atoms in total. The summed E-state index contributed by atoms with van der Waals surface area (Å²) in [5.74, 6) is 1.71. The van der Waals surface area contributed by atoms with Crippen LogP contribution in [0.15, 0.2) is 189 Å². The summed E-state index contributed by atoms with van der Waals surface area (Å²) in [6, 6.07) is 60.0. The third-order valence-electron chi connectivity index (χ3n) is 11.0. The predicted octanol–water partition coefficient (Wildman–Crippen LogP) is 13.9. The molecule has 12 rings (SSSR count). The monoisotopic (exact) mass is 731 g/mol. The molecule has 4 heterocycles. The quantitative estimate of drug-likeness (QED) is 0.175. The van der Waals surface area contributed by atoms with Crippen molar-refractivity contribution >= 4 is 65.8 Å². The smallest absolute Gasteiger partial charge is 0.164 e. The van der Waals surface area contributed by atoms with Gasteiger partial charge in [0.1, 0.15) is 33.5 Å². The minimum absolute atomic E-state index is 0.558. The molecule has 0 unspecified atom stereocenters. The van der Waals surface area contributed by atoms with Gasteiger partial charge >= 0.3 is 0 Å². The second-order valence-electron chi connectivity index (χ2n) is 14.4. The van der Waals surface area contributed by atoms with Crippen LogP contribution in [0.25, 0.3) is 122 Å². The fourth-order valence-corrected chi connectivity index (χ4v) is 8.18. The van der Waals surface area contributed by atoms with Crippen LogP contribution in [0.5, 0.6) is 0 Å². The number of aromatic nitrogens is 3. The molecule has 57 heavy (non-hydrogen) atoms. The molecule has 4 aromatic heterocycles. The van der Waals surface area contributed by atoms with Crippen LogP contribution in [0.1, 0.15) is 0 Å². The third-order valence-corrected chi connectivity index (χ3v) is 11.0. The van der Waals surface area contributed by atoms with Crippen molar-refractivity contribution in [1.82, 2.24) is 15.0 Å². The van der Waals surface area contributed by atoms with Gasteiger partial charge in [-0.2, -0.15) is 0 Å². The molecule has 0 bridgehead atoms. The number of furan rings is 3. The molecule has 0 aliphatic rings. The summed E-state index contributed by atoms with van der Waals surface area (Å²) < 4.78 is 19.0. The number of nitrogens with zero attached hydrogens (tertiary/aromatic N) is 3. The maximum Gasteiger partial charge on any atom is 0.164 e. The van der Waals surface area contributed by atoms with E-state index >= 15 is 0 Å². The normalized spacial score (nSPS) is 11.9. The van der Waals surface area contributed by atoms with E-state index in [4.69, 9.17) is 28.2 Å². The molecule has 0 atom stereocenters. The van der Waals surface area contributed by atoms with Gasteiger partial charge in [-0.3, -0.25) is 0 Å². The minimum Gasteiger partial charge on any atom is -0.456 e. The Kier molecular flexibility index (Phi) is 6.83. The van der Waals surface area contributed by atoms with Crippen LogP contribution >= 0.6 is 0 Å². The molecule has 8 aromatic carbocycles. The number of hydrogen-bond acceptors (Lipinski definition) is 6. The third kappa shape index (κ3) is 5.15. The summed E-state index contributed by atoms with van der Waals surface area (Å²) >= 11 is 0. The Morgan fingerprint density at radius 2 is 0.632 bits per heavy atom. The fourth-order valence-electron chi connectivity index (χ4n) is 8.18. The molecule has 0 aliphatic heterocycles. The highest BCUT2D eigenvalue weighted by Crippen LogP contribution is 2.40. The molecule has 0 aliphatic carbocycles. The Balaban J connectivity index is 0.952. The van der Waals surface area contributed by atoms with Crippen LogP contribution in [0.3, 0.4) is 0 Å². The van der Waals surface area contributed by atoms with Crippen molar-refractivity contribution < 1.29 is 13.3 Å². The van der Waals surface area contributed by atoms with Gasteiger partial charge in [-0.05, 0) is 82.9 Å². The molecule has 6 heteroatoms. The van der Waals surface area contributed by atoms with Crippen molar-refractivity contribution in [3.05, 3.63) is 176 Å². The van der Waals surface area contributed by atoms with Gasteiger partial charge in [0.15, 0.2) is 17.5 Å². The van der Waals surface area contributed by atoms with E-state index in [0.717, 1.165) is 105 Å². The molecule has 0 radical (unpaired) electrons. The van der Waals surface area contributed by atoms with Gasteiger partial charge in [0.05, 0.1) is 0 Å². The van der Waals surface area contributed by atoms with Crippen molar-refractivity contribution in [2.45, 2.75) is 0 Å². The maximum atomic E-state index is 6.63. The highest BCUT2D eigenvalue weighted by Gasteiger charge is 2.18. The fraction of sp³-hybridized carbons (Fsp3) is 0. The molecule has 266 valence electrons. The lowest BCUT2D eigenvalue weighted by atomic mass is 9.93. The molecular weight excluding hydrogens is 703 g/mol. The Morgan fingerprint density at radius 3 is 1.25 bits per heavy atom. The first-order valence-corrected chi connectivity index (χ1v) is 18.9. The molecule has 0 fully saturated rings. The molecule has 0 amide bonds. The lowest BCUT2D eigenvalue weighted by molar-refractivity contribution is 0.668. The van der Waals surface area contributed by atoms with Crippen molar-refractivity contribution in [3.63, 3.8) is 0 Å². The summed E-state index contributed by atoms with van der Waals surface area (Å²) in [6.45, 7) is 0. The molecule has 0 spiro atoms. The molecule has 0 saturated carbocycles. The zero-order valence-electron chi connectivity index (χ0n) is 30.3. The van der Waals surface area contributed by atoms with Gasteiger partial charge < -0.3 is 13.3 Å². The highest BCUT2D eigenvalue weighted by atomic mass is 16.3. The summed E-state index contributed by atoms with van der Waals surface area (Å²) in [5, 5.41) is 6.43. The zero-order chi connectivity index (χ0) is 37.5. The number of benzene rings is 8. The average Bonchev–Trinajstić information content (AvgIpc) is 3.96. The maximum absolute atomic E-state index is 6.63. The number of fused-ring (bicyclic) bond motifs is 9. The van der Waals surface area contributed by atoms with Crippen LogP contribution in [0.2, 0.25) is 0 Å². The molecule has 12 aromatic rings. The van der Waals surface area contributed by atoms with E-state index in [1.165, 1.54) is 0 Å². The van der Waals surface area contributed by atoms with Crippen molar-refractivity contribution in [1.29, 1.82) is 0 Å². The largest absolute Gasteiger partial charge is 0.456 e. The number of para-hydroxylation sites is 2. The van der Waals surface area contributed by atoms with Crippen LogP contribution < -0.4 is 0 Å². The zero-order valence-corrected chi connectivity index (χ0v) is 30.3. The van der Waals surface area contributed by atoms with E-state index < -0.39 is 0 Å². The van der Waals surface area contributed by atoms with Gasteiger partial charge in [0.25, 0.3) is 0 Å². The van der Waals surface area contributed by atoms with Crippen molar-refractivity contribution in [3.8, 4) is 56.4 Å². The van der Waals surface area contributed by atoms with Gasteiger partial charge in [-0.1, -0.05) is 115 Å². The topological polar surface area (TPSA) is 78.1 Å². The number of rotatable bonds is 5. The van der Waals surface area contributed by atoms with Gasteiger partial charge in [0.2, 0.25) is 0 Å². The van der Waals surface area contributed by atoms with E-state index in [2.05, 4.69) is 97.1 Å². The van der Waals surface area contributed by atoms with Crippen molar-refractivity contribution in [2.24, 2.45) is 0 Å². The minimum atomic E-state index is 0.558. The van der Waals surface area contributed by atoms with Crippen LogP contribution in [-0.4, -0.2) is 15.0 Å². The SMILES string of the molecule is c1ccc(-c2nc(-c3ccc4c(c3)oc3ccccc34)nc(-c3ccc4c(c3)oc3cc(-c5ccccc5-c5ccc6oc7ccccc7c6c5)ccc34)n2)cc1. The van der Waals surface area contributed by atoms with Gasteiger partial charge in [-0.15, -0.1) is 0 Å². The van der Waals surface area contributed by atoms with Crippen LogP contribution in [0.4, 0.5) is 0 Å². The summed E-state index contributed by atoms with van der Waals surface area (Å²) in [5.41, 5.74) is 12.0. The summed E-state index contributed by atoms with van der Waals surface area (Å²) in [6.07, 6.45) is 0. The first-order valence-electron chi connectivity index (χ1n) is 18.9. The van der Waals surface area contributed by atoms with E-state index in [0.29, 0.717) is 17.5 Å². The number of hydrogen-bond donors (Lipinski definition) is 0. The van der Waals surface area contributed by atoms with Gasteiger partial charge in [-0.25, -0.2) is 15.0 Å². The summed E-state index contributed by atoms with van der Waals surface area (Å²) in [4.78, 5) is 15.0. The predicted molar refractivity (Wildman–Crippen MR) is 229 cm³/mol. The van der Waals surface area contributed by atoms with Crippen molar-refractivity contribution in [2.75, 3.05) is 0 Å². The van der Waals surface area contributed by atoms with Gasteiger partial charge in [0, 0.05) is 49.0 Å². The average molecular weight is 732 g/mol. The van der Waals surface area contributed by atoms with E-state index in [1.54, 1.807) is 0 Å². The Morgan fingerprint density at radius 1 is 0.246 bits per heavy atom. The Bertz CT molecular complexity index is 3540. The second-order valence-corrected chi connectivity index (χ2v) is 14.4. The molecule has 0 N–H and O–H groups in total. The van der Waals surface area contributed by atoms with E-state index in [-0.39, 0.29) is 0 Å².